The summed E-state index contributed by atoms with van der Waals surface area (Å²) >= 11 is 0. The molecule has 2 N–H and O–H groups in total. The quantitative estimate of drug-likeness (QED) is 0.805. The number of imidazole rings is 1. The van der Waals surface area contributed by atoms with E-state index in [-0.39, 0.29) is 0 Å². The minimum atomic E-state index is 0.302. The second-order valence-corrected chi connectivity index (χ2v) is 5.03. The Kier molecular flexibility index (Phi) is 2.83. The van der Waals surface area contributed by atoms with Crippen LogP contribution in [0.4, 0.5) is 0 Å². The Morgan fingerprint density at radius 2 is 2.20 bits per heavy atom. The van der Waals surface area contributed by atoms with Crippen molar-refractivity contribution in [3.05, 3.63) is 17.7 Å². The van der Waals surface area contributed by atoms with Crippen LogP contribution in [0.1, 0.15) is 44.6 Å². The summed E-state index contributed by atoms with van der Waals surface area (Å²) in [7, 11) is 0. The molecule has 0 saturated carbocycles. The Hall–Kier alpha value is -0.830. The number of rotatable bonds is 2. The fraction of sp³-hybridized carbons (Fsp3) is 0.750. The second-order valence-electron chi connectivity index (χ2n) is 5.03. The molecule has 2 atom stereocenters. The predicted molar refractivity (Wildman–Crippen MR) is 61.8 cm³/mol. The van der Waals surface area contributed by atoms with E-state index in [1.165, 1.54) is 17.9 Å². The van der Waals surface area contributed by atoms with Crippen LogP contribution in [-0.4, -0.2) is 15.6 Å². The van der Waals surface area contributed by atoms with Crippen LogP contribution in [0, 0.1) is 5.92 Å². The Balaban J connectivity index is 2.22. The highest BCUT2D eigenvalue weighted by Gasteiger charge is 2.24. The standard InChI is InChI=1S/C12H21N3/c1-8(2)12-14-7-11-6-10(9(3)13)4-5-15(11)12/h7-10H,4-6,13H2,1-3H3. The fourth-order valence-electron chi connectivity index (χ4n) is 2.42. The number of hydrogen-bond donors (Lipinski definition) is 1. The molecule has 2 rings (SSSR count). The lowest BCUT2D eigenvalue weighted by Gasteiger charge is -2.28. The van der Waals surface area contributed by atoms with Gasteiger partial charge in [0.05, 0.1) is 0 Å². The van der Waals surface area contributed by atoms with Crippen LogP contribution in [0.2, 0.25) is 0 Å². The van der Waals surface area contributed by atoms with Crippen molar-refractivity contribution in [1.29, 1.82) is 0 Å². The summed E-state index contributed by atoms with van der Waals surface area (Å²) in [5, 5.41) is 0. The van der Waals surface area contributed by atoms with Gasteiger partial charge in [-0.3, -0.25) is 0 Å². The van der Waals surface area contributed by atoms with Gasteiger partial charge in [-0.15, -0.1) is 0 Å². The van der Waals surface area contributed by atoms with Crippen LogP contribution >= 0.6 is 0 Å². The summed E-state index contributed by atoms with van der Waals surface area (Å²) in [6.07, 6.45) is 4.32. The van der Waals surface area contributed by atoms with E-state index < -0.39 is 0 Å². The molecule has 3 heteroatoms. The summed E-state index contributed by atoms with van der Waals surface area (Å²) < 4.78 is 2.38. The van der Waals surface area contributed by atoms with Crippen molar-refractivity contribution in [3.63, 3.8) is 0 Å². The highest BCUT2D eigenvalue weighted by Crippen LogP contribution is 2.26. The number of fused-ring (bicyclic) bond motifs is 1. The molecule has 2 heterocycles. The van der Waals surface area contributed by atoms with E-state index in [0.717, 1.165) is 13.0 Å². The summed E-state index contributed by atoms with van der Waals surface area (Å²) in [5.74, 6) is 2.38. The molecule has 1 aliphatic rings. The van der Waals surface area contributed by atoms with Gasteiger partial charge in [-0.25, -0.2) is 4.98 Å². The monoisotopic (exact) mass is 207 g/mol. The highest BCUT2D eigenvalue weighted by atomic mass is 15.1. The smallest absolute Gasteiger partial charge is 0.111 e. The number of hydrogen-bond acceptors (Lipinski definition) is 2. The Bertz CT molecular complexity index is 339. The second kappa shape index (κ2) is 3.97. The van der Waals surface area contributed by atoms with Gasteiger partial charge in [0.1, 0.15) is 5.82 Å². The van der Waals surface area contributed by atoms with Gasteiger partial charge in [-0.1, -0.05) is 13.8 Å². The normalized spacial score (nSPS) is 22.9. The van der Waals surface area contributed by atoms with E-state index in [1.807, 2.05) is 6.20 Å². The summed E-state index contributed by atoms with van der Waals surface area (Å²) in [4.78, 5) is 4.51. The van der Waals surface area contributed by atoms with Crippen LogP contribution in [0.5, 0.6) is 0 Å². The van der Waals surface area contributed by atoms with E-state index in [0.29, 0.717) is 17.9 Å². The lowest BCUT2D eigenvalue weighted by atomic mass is 9.90. The van der Waals surface area contributed by atoms with Crippen LogP contribution in [0.25, 0.3) is 0 Å². The maximum atomic E-state index is 5.96. The minimum absolute atomic E-state index is 0.302. The molecule has 0 spiro atoms. The first-order chi connectivity index (χ1) is 7.09. The Morgan fingerprint density at radius 3 is 2.80 bits per heavy atom. The first-order valence-corrected chi connectivity index (χ1v) is 5.89. The van der Waals surface area contributed by atoms with Crippen molar-refractivity contribution in [3.8, 4) is 0 Å². The first-order valence-electron chi connectivity index (χ1n) is 5.89. The topological polar surface area (TPSA) is 43.8 Å². The molecule has 0 fully saturated rings. The van der Waals surface area contributed by atoms with Gasteiger partial charge in [-0.05, 0) is 25.7 Å². The molecular formula is C12H21N3. The third-order valence-electron chi connectivity index (χ3n) is 3.42. The Labute approximate surface area is 91.7 Å². The molecule has 3 nitrogen and oxygen atoms in total. The zero-order chi connectivity index (χ0) is 11.0. The maximum absolute atomic E-state index is 5.96. The predicted octanol–water partition coefficient (Wildman–Crippen LogP) is 1.92. The molecule has 0 saturated heterocycles. The molecule has 2 unspecified atom stereocenters. The fourth-order valence-corrected chi connectivity index (χ4v) is 2.42. The lowest BCUT2D eigenvalue weighted by molar-refractivity contribution is 0.337. The van der Waals surface area contributed by atoms with Gasteiger partial charge in [0.15, 0.2) is 0 Å². The lowest BCUT2D eigenvalue weighted by Crippen LogP contribution is -2.33. The van der Waals surface area contributed by atoms with E-state index in [1.54, 1.807) is 0 Å². The van der Waals surface area contributed by atoms with Crippen molar-refractivity contribution >= 4 is 0 Å². The van der Waals surface area contributed by atoms with Gasteiger partial charge < -0.3 is 10.3 Å². The van der Waals surface area contributed by atoms with Gasteiger partial charge in [0, 0.05) is 30.4 Å². The largest absolute Gasteiger partial charge is 0.332 e. The molecular weight excluding hydrogens is 186 g/mol. The van der Waals surface area contributed by atoms with Gasteiger partial charge in [0.25, 0.3) is 0 Å². The summed E-state index contributed by atoms with van der Waals surface area (Å²) in [6.45, 7) is 7.61. The zero-order valence-electron chi connectivity index (χ0n) is 9.90. The van der Waals surface area contributed by atoms with Crippen LogP contribution in [0.3, 0.4) is 0 Å². The molecule has 1 aromatic rings. The molecule has 0 amide bonds. The molecule has 0 bridgehead atoms. The van der Waals surface area contributed by atoms with E-state index in [2.05, 4.69) is 30.3 Å². The van der Waals surface area contributed by atoms with Crippen molar-refractivity contribution in [1.82, 2.24) is 9.55 Å². The average molecular weight is 207 g/mol. The average Bonchev–Trinajstić information content (AvgIpc) is 2.59. The van der Waals surface area contributed by atoms with Crippen molar-refractivity contribution < 1.29 is 0 Å². The molecule has 1 aromatic heterocycles. The van der Waals surface area contributed by atoms with Crippen LogP contribution < -0.4 is 5.73 Å². The van der Waals surface area contributed by atoms with Gasteiger partial charge >= 0.3 is 0 Å². The van der Waals surface area contributed by atoms with E-state index in [9.17, 15) is 0 Å². The van der Waals surface area contributed by atoms with Crippen molar-refractivity contribution in [2.75, 3.05) is 0 Å². The third kappa shape index (κ3) is 1.93. The summed E-state index contributed by atoms with van der Waals surface area (Å²) in [5.41, 5.74) is 7.33. The number of aromatic nitrogens is 2. The van der Waals surface area contributed by atoms with Gasteiger partial charge in [-0.2, -0.15) is 0 Å². The summed E-state index contributed by atoms with van der Waals surface area (Å²) in [6, 6.07) is 0.302. The van der Waals surface area contributed by atoms with E-state index in [4.69, 9.17) is 5.73 Å². The van der Waals surface area contributed by atoms with Crippen LogP contribution in [0.15, 0.2) is 6.20 Å². The van der Waals surface area contributed by atoms with Crippen LogP contribution in [-0.2, 0) is 13.0 Å². The molecule has 0 aromatic carbocycles. The molecule has 0 radical (unpaired) electrons. The zero-order valence-corrected chi connectivity index (χ0v) is 9.90. The van der Waals surface area contributed by atoms with Crippen molar-refractivity contribution in [2.45, 2.75) is 52.1 Å². The Morgan fingerprint density at radius 1 is 1.47 bits per heavy atom. The van der Waals surface area contributed by atoms with E-state index >= 15 is 0 Å². The first kappa shape index (κ1) is 10.7. The highest BCUT2D eigenvalue weighted by molar-refractivity contribution is 5.11. The molecule has 15 heavy (non-hydrogen) atoms. The number of nitrogens with two attached hydrogens (primary N) is 1. The SMILES string of the molecule is CC(C)c1ncc2n1CCC(C(C)N)C2. The molecule has 1 aliphatic heterocycles. The minimum Gasteiger partial charge on any atom is -0.332 e. The molecule has 84 valence electrons. The van der Waals surface area contributed by atoms with Gasteiger partial charge in [0.2, 0.25) is 0 Å². The maximum Gasteiger partial charge on any atom is 0.111 e. The third-order valence-corrected chi connectivity index (χ3v) is 3.42. The molecule has 0 aliphatic carbocycles. The number of nitrogens with zero attached hydrogens (tertiary/aromatic N) is 2. The van der Waals surface area contributed by atoms with Crippen molar-refractivity contribution in [2.24, 2.45) is 11.7 Å².